The third-order valence-corrected chi connectivity index (χ3v) is 3.43. The van der Waals surface area contributed by atoms with Crippen LogP contribution in [0.2, 0.25) is 0 Å². The second kappa shape index (κ2) is 6.36. The van der Waals surface area contributed by atoms with Gasteiger partial charge in [-0.3, -0.25) is 10.1 Å². The van der Waals surface area contributed by atoms with Crippen molar-refractivity contribution < 1.29 is 19.6 Å². The summed E-state index contributed by atoms with van der Waals surface area (Å²) in [4.78, 5) is 23.2. The van der Waals surface area contributed by atoms with Crippen molar-refractivity contribution in [2.75, 3.05) is 25.1 Å². The van der Waals surface area contributed by atoms with Crippen molar-refractivity contribution in [3.8, 4) is 0 Å². The molecule has 1 aliphatic heterocycles. The minimum Gasteiger partial charge on any atom is -0.478 e. The van der Waals surface area contributed by atoms with Crippen molar-refractivity contribution in [2.24, 2.45) is 0 Å². The summed E-state index contributed by atoms with van der Waals surface area (Å²) in [5.41, 5.74) is 0.988. The van der Waals surface area contributed by atoms with E-state index in [-0.39, 0.29) is 11.8 Å². The number of benzene rings is 1. The normalized spacial score (nSPS) is 18.3. The zero-order valence-corrected chi connectivity index (χ0v) is 11.6. The number of anilines is 1. The summed E-state index contributed by atoms with van der Waals surface area (Å²) in [6.07, 6.45) is 3.20. The summed E-state index contributed by atoms with van der Waals surface area (Å²) in [5, 5.41) is 19.8. The molecule has 1 aliphatic rings. The Balaban J connectivity index is 2.30. The van der Waals surface area contributed by atoms with E-state index in [2.05, 4.69) is 0 Å². The highest BCUT2D eigenvalue weighted by molar-refractivity contribution is 5.85. The molecule has 112 valence electrons. The van der Waals surface area contributed by atoms with Gasteiger partial charge in [-0.1, -0.05) is 6.07 Å². The Morgan fingerprint density at radius 3 is 2.90 bits per heavy atom. The van der Waals surface area contributed by atoms with Crippen LogP contribution in [0.25, 0.3) is 6.08 Å². The fraction of sp³-hybridized carbons (Fsp3) is 0.357. The number of ether oxygens (including phenoxy) is 1. The number of hydrogen-bond acceptors (Lipinski definition) is 5. The van der Waals surface area contributed by atoms with Crippen LogP contribution in [-0.2, 0) is 9.53 Å². The molecule has 0 amide bonds. The first kappa shape index (κ1) is 15.0. The monoisotopic (exact) mass is 292 g/mol. The minimum absolute atomic E-state index is 0.0284. The van der Waals surface area contributed by atoms with Gasteiger partial charge in [-0.2, -0.15) is 0 Å². The highest BCUT2D eigenvalue weighted by Crippen LogP contribution is 2.32. The lowest BCUT2D eigenvalue weighted by molar-refractivity contribution is -0.384. The molecule has 0 radical (unpaired) electrons. The summed E-state index contributed by atoms with van der Waals surface area (Å²) in [7, 11) is 1.63. The molecule has 0 aliphatic carbocycles. The van der Waals surface area contributed by atoms with Crippen LogP contribution in [0.5, 0.6) is 0 Å². The number of methoxy groups -OCH3 is 1. The molecule has 1 saturated heterocycles. The van der Waals surface area contributed by atoms with Crippen molar-refractivity contribution in [3.05, 3.63) is 40.0 Å². The van der Waals surface area contributed by atoms with Gasteiger partial charge in [-0.15, -0.1) is 0 Å². The molecule has 1 atom stereocenters. The number of carbonyl (C=O) groups is 1. The maximum atomic E-state index is 11.2. The Hall–Kier alpha value is -2.41. The van der Waals surface area contributed by atoms with Crippen molar-refractivity contribution in [2.45, 2.75) is 12.5 Å². The second-order valence-corrected chi connectivity index (χ2v) is 4.77. The standard InChI is InChI=1S/C14H16N2O5/c1-21-11-6-7-15(9-11)12-4-2-10(3-5-14(17)18)8-13(12)16(19)20/h2-5,8,11H,6-7,9H2,1H3,(H,17,18)/b5-3+. The van der Waals surface area contributed by atoms with E-state index in [9.17, 15) is 14.9 Å². The molecule has 0 aromatic heterocycles. The van der Waals surface area contributed by atoms with Gasteiger partial charge in [-0.25, -0.2) is 4.79 Å². The first-order valence-electron chi connectivity index (χ1n) is 6.48. The molecule has 1 fully saturated rings. The fourth-order valence-corrected chi connectivity index (χ4v) is 2.36. The lowest BCUT2D eigenvalue weighted by atomic mass is 10.1. The van der Waals surface area contributed by atoms with E-state index in [1.165, 1.54) is 12.1 Å². The SMILES string of the molecule is COC1CCN(c2ccc(/C=C/C(=O)O)cc2[N+](=O)[O-])C1. The number of aliphatic carboxylic acids is 1. The molecule has 1 aromatic rings. The van der Waals surface area contributed by atoms with Crippen LogP contribution in [0.15, 0.2) is 24.3 Å². The summed E-state index contributed by atoms with van der Waals surface area (Å²) in [6, 6.07) is 4.70. The smallest absolute Gasteiger partial charge is 0.328 e. The van der Waals surface area contributed by atoms with Gasteiger partial charge in [0.2, 0.25) is 0 Å². The molecular formula is C14H16N2O5. The molecule has 1 aromatic carbocycles. The molecule has 7 nitrogen and oxygen atoms in total. The fourth-order valence-electron chi connectivity index (χ4n) is 2.36. The molecule has 2 rings (SSSR count). The molecule has 1 N–H and O–H groups in total. The lowest BCUT2D eigenvalue weighted by Gasteiger charge is -2.18. The molecule has 0 saturated carbocycles. The van der Waals surface area contributed by atoms with Crippen molar-refractivity contribution >= 4 is 23.4 Å². The van der Waals surface area contributed by atoms with Crippen LogP contribution in [-0.4, -0.2) is 42.3 Å². The first-order valence-corrected chi connectivity index (χ1v) is 6.48. The third-order valence-electron chi connectivity index (χ3n) is 3.43. The first-order chi connectivity index (χ1) is 10.0. The van der Waals surface area contributed by atoms with E-state index in [1.807, 2.05) is 4.90 Å². The zero-order chi connectivity index (χ0) is 15.4. The lowest BCUT2D eigenvalue weighted by Crippen LogP contribution is -2.23. The van der Waals surface area contributed by atoms with Gasteiger partial charge in [0.05, 0.1) is 11.0 Å². The summed E-state index contributed by atoms with van der Waals surface area (Å²) in [5.74, 6) is -1.09. The van der Waals surface area contributed by atoms with Gasteiger partial charge in [0.25, 0.3) is 5.69 Å². The van der Waals surface area contributed by atoms with Crippen LogP contribution in [0.1, 0.15) is 12.0 Å². The van der Waals surface area contributed by atoms with Crippen molar-refractivity contribution in [1.82, 2.24) is 0 Å². The number of hydrogen-bond donors (Lipinski definition) is 1. The van der Waals surface area contributed by atoms with Crippen LogP contribution in [0.3, 0.4) is 0 Å². The Morgan fingerprint density at radius 2 is 2.33 bits per heavy atom. The Bertz CT molecular complexity index is 585. The molecule has 0 spiro atoms. The quantitative estimate of drug-likeness (QED) is 0.506. The predicted molar refractivity (Wildman–Crippen MR) is 77.4 cm³/mol. The highest BCUT2D eigenvalue weighted by Gasteiger charge is 2.27. The third kappa shape index (κ3) is 3.57. The maximum Gasteiger partial charge on any atom is 0.328 e. The van der Waals surface area contributed by atoms with E-state index in [0.717, 1.165) is 12.5 Å². The molecular weight excluding hydrogens is 276 g/mol. The van der Waals surface area contributed by atoms with Crippen LogP contribution in [0.4, 0.5) is 11.4 Å². The van der Waals surface area contributed by atoms with E-state index < -0.39 is 10.9 Å². The van der Waals surface area contributed by atoms with Crippen molar-refractivity contribution in [3.63, 3.8) is 0 Å². The average Bonchev–Trinajstić information content (AvgIpc) is 2.93. The summed E-state index contributed by atoms with van der Waals surface area (Å²) >= 11 is 0. The van der Waals surface area contributed by atoms with E-state index in [4.69, 9.17) is 9.84 Å². The van der Waals surface area contributed by atoms with Crippen LogP contribution < -0.4 is 4.90 Å². The van der Waals surface area contributed by atoms with E-state index in [1.54, 1.807) is 19.2 Å². The summed E-state index contributed by atoms with van der Waals surface area (Å²) in [6.45, 7) is 1.31. The topological polar surface area (TPSA) is 92.9 Å². The van der Waals surface area contributed by atoms with Crippen LogP contribution >= 0.6 is 0 Å². The number of nitrogens with zero attached hydrogens (tertiary/aromatic N) is 2. The van der Waals surface area contributed by atoms with Gasteiger partial charge >= 0.3 is 5.97 Å². The number of nitro groups is 1. The molecule has 7 heteroatoms. The molecule has 21 heavy (non-hydrogen) atoms. The van der Waals surface area contributed by atoms with Gasteiger partial charge in [0.1, 0.15) is 5.69 Å². The number of carboxylic acids is 1. The Labute approximate surface area is 121 Å². The van der Waals surface area contributed by atoms with Gasteiger partial charge in [0, 0.05) is 32.3 Å². The van der Waals surface area contributed by atoms with Gasteiger partial charge in [-0.05, 0) is 24.1 Å². The molecule has 0 bridgehead atoms. The van der Waals surface area contributed by atoms with E-state index >= 15 is 0 Å². The second-order valence-electron chi connectivity index (χ2n) is 4.77. The van der Waals surface area contributed by atoms with Gasteiger partial charge in [0.15, 0.2) is 0 Å². The number of carboxylic acid groups (broad SMARTS) is 1. The summed E-state index contributed by atoms with van der Waals surface area (Å²) < 4.78 is 5.26. The number of rotatable bonds is 5. The Kier molecular flexibility index (Phi) is 4.54. The minimum atomic E-state index is -1.09. The largest absolute Gasteiger partial charge is 0.478 e. The zero-order valence-electron chi connectivity index (χ0n) is 11.6. The molecule has 1 unspecified atom stereocenters. The van der Waals surface area contributed by atoms with Crippen molar-refractivity contribution in [1.29, 1.82) is 0 Å². The van der Waals surface area contributed by atoms with Gasteiger partial charge < -0.3 is 14.7 Å². The predicted octanol–water partition coefficient (Wildman–Crippen LogP) is 1.92. The van der Waals surface area contributed by atoms with E-state index in [0.29, 0.717) is 24.3 Å². The maximum absolute atomic E-state index is 11.2. The number of nitro benzene ring substituents is 1. The average molecular weight is 292 g/mol. The highest BCUT2D eigenvalue weighted by atomic mass is 16.6. The van der Waals surface area contributed by atoms with Crippen LogP contribution in [0, 0.1) is 10.1 Å². The Morgan fingerprint density at radius 1 is 1.57 bits per heavy atom. The molecule has 1 heterocycles.